The molecule has 4 aliphatic carbocycles. The lowest BCUT2D eigenvalue weighted by atomic mass is 9.48. The molecule has 1 unspecified atom stereocenters. The van der Waals surface area contributed by atoms with E-state index in [1.165, 1.54) is 49.7 Å². The van der Waals surface area contributed by atoms with Crippen LogP contribution in [0.3, 0.4) is 0 Å². The molecule has 45 heavy (non-hydrogen) atoms. The summed E-state index contributed by atoms with van der Waals surface area (Å²) >= 11 is 0. The van der Waals surface area contributed by atoms with Gasteiger partial charge in [0.25, 0.3) is 0 Å². The van der Waals surface area contributed by atoms with Crippen LogP contribution in [-0.4, -0.2) is 32.8 Å². The third-order valence-corrected chi connectivity index (χ3v) is 16.5. The fourth-order valence-electron chi connectivity index (χ4n) is 8.80. The maximum Gasteiger partial charge on any atom is 0.205 e. The molecular formula is C39H59NO4Si. The van der Waals surface area contributed by atoms with Gasteiger partial charge in [0.2, 0.25) is 5.79 Å². The van der Waals surface area contributed by atoms with E-state index in [1.807, 2.05) is 13.8 Å². The minimum absolute atomic E-state index is 0.0515. The first-order valence-electron chi connectivity index (χ1n) is 17.7. The summed E-state index contributed by atoms with van der Waals surface area (Å²) in [4.78, 5) is 0. The maximum absolute atomic E-state index is 7.06. The zero-order valence-corrected chi connectivity index (χ0v) is 30.5. The number of fused-ring (bicyclic) bond motifs is 1. The number of nitrogens with one attached hydrogen (secondary N) is 1. The zero-order chi connectivity index (χ0) is 32.2. The fourth-order valence-corrected chi connectivity index (χ4v) is 10.1. The molecule has 1 heterocycles. The molecule has 7 rings (SSSR count). The van der Waals surface area contributed by atoms with E-state index in [9.17, 15) is 0 Å². The second kappa shape index (κ2) is 12.3. The van der Waals surface area contributed by atoms with Crippen molar-refractivity contribution >= 4 is 8.32 Å². The summed E-state index contributed by atoms with van der Waals surface area (Å²) in [5, 5.41) is 3.96. The second-order valence-electron chi connectivity index (χ2n) is 17.2. The topological polar surface area (TPSA) is 49.0 Å². The standard InChI is InChI=1S/C39H59NO4Si/c1-26(15-28-11-10-12-34(19-28)42-27(2)39-21-29-16-30(22-39)18-31(17-29)23-39)40-24-36(44-45(8,9)37(3,4)5)32-13-14-35-33(20-32)25-41-38(6,7)43-35/h10-14,19-20,26-27,29-31,36,40H,15-18,21-25H2,1-9H3/t26-,27?,29?,30?,31?,36+,39?/m1/s1. The number of hydrogen-bond donors (Lipinski definition) is 1. The molecular weight excluding hydrogens is 575 g/mol. The van der Waals surface area contributed by atoms with Crippen molar-refractivity contribution in [2.45, 2.75) is 142 Å². The van der Waals surface area contributed by atoms with Gasteiger partial charge < -0.3 is 24.0 Å². The number of ether oxygens (including phenoxy) is 3. The van der Waals surface area contributed by atoms with Crippen molar-refractivity contribution in [3.63, 3.8) is 0 Å². The molecule has 0 spiro atoms. The summed E-state index contributed by atoms with van der Waals surface area (Å²) in [6.07, 6.45) is 9.72. The van der Waals surface area contributed by atoms with Crippen molar-refractivity contribution < 1.29 is 18.6 Å². The first-order chi connectivity index (χ1) is 21.1. The van der Waals surface area contributed by atoms with Crippen molar-refractivity contribution in [3.8, 4) is 11.5 Å². The van der Waals surface area contributed by atoms with Gasteiger partial charge in [-0.1, -0.05) is 39.0 Å². The molecule has 0 saturated heterocycles. The Balaban J connectivity index is 1.10. The van der Waals surface area contributed by atoms with Gasteiger partial charge in [0, 0.05) is 37.4 Å². The molecule has 4 fully saturated rings. The fraction of sp³-hybridized carbons (Fsp3) is 0.692. The van der Waals surface area contributed by atoms with E-state index >= 15 is 0 Å². The normalized spacial score (nSPS) is 29.0. The average Bonchev–Trinajstić information content (AvgIpc) is 2.93. The molecule has 2 aromatic rings. The van der Waals surface area contributed by atoms with Crippen LogP contribution in [0.5, 0.6) is 11.5 Å². The number of hydrogen-bond acceptors (Lipinski definition) is 5. The van der Waals surface area contributed by atoms with Crippen LogP contribution in [0.4, 0.5) is 0 Å². The molecule has 1 N–H and O–H groups in total. The SMILES string of the molecule is CC(Oc1cccc(C[C@@H](C)NC[C@H](O[Si](C)(C)C(C)(C)C)c2ccc3c(c2)COC(C)(C)O3)c1)C12CC3CC(CC(C3)C1)C2. The van der Waals surface area contributed by atoms with E-state index in [-0.39, 0.29) is 23.3 Å². The van der Waals surface area contributed by atoms with Crippen molar-refractivity contribution in [3.05, 3.63) is 59.2 Å². The van der Waals surface area contributed by atoms with Gasteiger partial charge in [-0.3, -0.25) is 0 Å². The van der Waals surface area contributed by atoms with Crippen molar-refractivity contribution in [2.75, 3.05) is 6.54 Å². The predicted molar refractivity (Wildman–Crippen MR) is 185 cm³/mol. The molecule has 6 heteroatoms. The highest BCUT2D eigenvalue weighted by Crippen LogP contribution is 2.61. The summed E-state index contributed by atoms with van der Waals surface area (Å²) in [5.41, 5.74) is 3.98. The Kier molecular flexibility index (Phi) is 9.04. The van der Waals surface area contributed by atoms with Gasteiger partial charge in [-0.15, -0.1) is 0 Å². The summed E-state index contributed by atoms with van der Waals surface area (Å²) in [6.45, 7) is 21.5. The van der Waals surface area contributed by atoms with E-state index in [0.717, 1.165) is 47.8 Å². The molecule has 0 aromatic heterocycles. The summed E-state index contributed by atoms with van der Waals surface area (Å²) in [5.74, 6) is 4.17. The number of rotatable bonds is 11. The van der Waals surface area contributed by atoms with E-state index in [1.54, 1.807) is 0 Å². The third-order valence-electron chi connectivity index (χ3n) is 12.0. The molecule has 248 valence electrons. The Morgan fingerprint density at radius 1 is 0.956 bits per heavy atom. The second-order valence-corrected chi connectivity index (χ2v) is 22.0. The minimum atomic E-state index is -2.02. The van der Waals surface area contributed by atoms with Gasteiger partial charge in [-0.05, 0) is 130 Å². The Morgan fingerprint density at radius 2 is 1.62 bits per heavy atom. The van der Waals surface area contributed by atoms with Crippen LogP contribution in [0.2, 0.25) is 18.1 Å². The van der Waals surface area contributed by atoms with Crippen LogP contribution in [0.15, 0.2) is 42.5 Å². The van der Waals surface area contributed by atoms with Gasteiger partial charge >= 0.3 is 0 Å². The van der Waals surface area contributed by atoms with Gasteiger partial charge in [0.05, 0.1) is 12.7 Å². The lowest BCUT2D eigenvalue weighted by Crippen LogP contribution is -2.52. The predicted octanol–water partition coefficient (Wildman–Crippen LogP) is 9.60. The van der Waals surface area contributed by atoms with E-state index < -0.39 is 14.1 Å². The Labute approximate surface area is 274 Å². The van der Waals surface area contributed by atoms with Crippen molar-refractivity contribution in [1.29, 1.82) is 0 Å². The van der Waals surface area contributed by atoms with Crippen molar-refractivity contribution in [1.82, 2.24) is 5.32 Å². The Morgan fingerprint density at radius 3 is 2.27 bits per heavy atom. The van der Waals surface area contributed by atoms with Crippen molar-refractivity contribution in [2.24, 2.45) is 23.2 Å². The lowest BCUT2D eigenvalue weighted by molar-refractivity contribution is -0.180. The molecule has 2 aromatic carbocycles. The Hall–Kier alpha value is -1.86. The number of benzene rings is 2. The smallest absolute Gasteiger partial charge is 0.205 e. The Bertz CT molecular complexity index is 1310. The van der Waals surface area contributed by atoms with Crippen LogP contribution in [0.25, 0.3) is 0 Å². The molecule has 3 atom stereocenters. The van der Waals surface area contributed by atoms with E-state index in [4.69, 9.17) is 18.6 Å². The average molecular weight is 634 g/mol. The third kappa shape index (κ3) is 7.34. The molecule has 4 bridgehead atoms. The minimum Gasteiger partial charge on any atom is -0.490 e. The molecule has 5 aliphatic rings. The lowest BCUT2D eigenvalue weighted by Gasteiger charge is -2.58. The summed E-state index contributed by atoms with van der Waals surface area (Å²) in [6, 6.07) is 15.6. The largest absolute Gasteiger partial charge is 0.490 e. The first-order valence-corrected chi connectivity index (χ1v) is 20.6. The summed E-state index contributed by atoms with van der Waals surface area (Å²) < 4.78 is 25.9. The van der Waals surface area contributed by atoms with E-state index in [0.29, 0.717) is 12.0 Å². The zero-order valence-electron chi connectivity index (χ0n) is 29.5. The molecule has 0 amide bonds. The van der Waals surface area contributed by atoms with Gasteiger partial charge in [-0.25, -0.2) is 0 Å². The molecule has 5 nitrogen and oxygen atoms in total. The molecule has 0 radical (unpaired) electrons. The highest BCUT2D eigenvalue weighted by molar-refractivity contribution is 6.74. The monoisotopic (exact) mass is 633 g/mol. The van der Waals surface area contributed by atoms with Gasteiger partial charge in [-0.2, -0.15) is 0 Å². The van der Waals surface area contributed by atoms with Crippen LogP contribution < -0.4 is 14.8 Å². The van der Waals surface area contributed by atoms with Crippen LogP contribution in [-0.2, 0) is 22.2 Å². The molecule has 1 aliphatic heterocycles. The molecule has 4 saturated carbocycles. The maximum atomic E-state index is 7.06. The van der Waals surface area contributed by atoms with Gasteiger partial charge in [0.15, 0.2) is 8.32 Å². The van der Waals surface area contributed by atoms with E-state index in [2.05, 4.69) is 95.5 Å². The highest BCUT2D eigenvalue weighted by atomic mass is 28.4. The summed E-state index contributed by atoms with van der Waals surface area (Å²) in [7, 11) is -2.02. The van der Waals surface area contributed by atoms with Gasteiger partial charge in [0.1, 0.15) is 17.6 Å². The quantitative estimate of drug-likeness (QED) is 0.250. The first kappa shape index (κ1) is 33.1. The van der Waals surface area contributed by atoms with Crippen LogP contribution in [0, 0.1) is 23.2 Å². The van der Waals surface area contributed by atoms with Crippen LogP contribution >= 0.6 is 0 Å². The van der Waals surface area contributed by atoms with Crippen LogP contribution in [0.1, 0.15) is 110 Å². The highest BCUT2D eigenvalue weighted by Gasteiger charge is 2.54.